The minimum absolute atomic E-state index is 0.853. The molecular formula is C15H25N3. The molecule has 0 bridgehead atoms. The van der Waals surface area contributed by atoms with Crippen molar-refractivity contribution in [3.63, 3.8) is 0 Å². The van der Waals surface area contributed by atoms with E-state index in [1.807, 2.05) is 7.05 Å². The summed E-state index contributed by atoms with van der Waals surface area (Å²) in [6.07, 6.45) is 4.04. The van der Waals surface area contributed by atoms with E-state index in [-0.39, 0.29) is 0 Å². The van der Waals surface area contributed by atoms with E-state index in [4.69, 9.17) is 4.98 Å². The van der Waals surface area contributed by atoms with E-state index in [9.17, 15) is 0 Å². The van der Waals surface area contributed by atoms with Gasteiger partial charge in [0, 0.05) is 13.1 Å². The van der Waals surface area contributed by atoms with E-state index in [2.05, 4.69) is 35.3 Å². The van der Waals surface area contributed by atoms with Gasteiger partial charge in [-0.25, -0.2) is 0 Å². The first-order valence-electron chi connectivity index (χ1n) is 7.13. The van der Waals surface area contributed by atoms with Gasteiger partial charge in [-0.3, -0.25) is 9.88 Å². The van der Waals surface area contributed by atoms with Crippen molar-refractivity contribution < 1.29 is 0 Å². The molecule has 0 saturated carbocycles. The Morgan fingerprint density at radius 2 is 2.00 bits per heavy atom. The van der Waals surface area contributed by atoms with Crippen molar-refractivity contribution in [1.82, 2.24) is 15.2 Å². The smallest absolute Gasteiger partial charge is 0.0547 e. The average Bonchev–Trinajstić information content (AvgIpc) is 2.40. The molecule has 1 N–H and O–H groups in total. The second kappa shape index (κ2) is 6.86. The van der Waals surface area contributed by atoms with Gasteiger partial charge in [-0.2, -0.15) is 0 Å². The molecule has 1 aliphatic rings. The Balaban J connectivity index is 1.87. The number of pyridine rings is 1. The van der Waals surface area contributed by atoms with Gasteiger partial charge in [0.1, 0.15) is 0 Å². The molecule has 1 fully saturated rings. The third kappa shape index (κ3) is 3.79. The molecule has 100 valence electrons. The van der Waals surface area contributed by atoms with E-state index >= 15 is 0 Å². The van der Waals surface area contributed by atoms with Crippen molar-refractivity contribution in [3.05, 3.63) is 29.6 Å². The Kier molecular flexibility index (Phi) is 5.14. The lowest BCUT2D eigenvalue weighted by Gasteiger charge is -2.31. The number of nitrogens with zero attached hydrogens (tertiary/aromatic N) is 2. The zero-order valence-electron chi connectivity index (χ0n) is 11.7. The van der Waals surface area contributed by atoms with Crippen LogP contribution in [-0.4, -0.2) is 30.0 Å². The highest BCUT2D eigenvalue weighted by molar-refractivity contribution is 5.11. The molecular weight excluding hydrogens is 222 g/mol. The third-order valence-electron chi connectivity index (χ3n) is 3.89. The summed E-state index contributed by atoms with van der Waals surface area (Å²) in [7, 11) is 1.96. The summed E-state index contributed by atoms with van der Waals surface area (Å²) in [5.41, 5.74) is 2.34. The van der Waals surface area contributed by atoms with E-state index in [0.29, 0.717) is 0 Å². The topological polar surface area (TPSA) is 28.2 Å². The lowest BCUT2D eigenvalue weighted by atomic mass is 9.94. The lowest BCUT2D eigenvalue weighted by Crippen LogP contribution is -2.33. The fraction of sp³-hybridized carbons (Fsp3) is 0.667. The summed E-state index contributed by atoms with van der Waals surface area (Å²) in [4.78, 5) is 7.23. The van der Waals surface area contributed by atoms with Crippen LogP contribution >= 0.6 is 0 Å². The molecule has 3 heteroatoms. The summed E-state index contributed by atoms with van der Waals surface area (Å²) in [6, 6.07) is 6.35. The molecule has 1 saturated heterocycles. The highest BCUT2D eigenvalue weighted by atomic mass is 15.1. The molecule has 0 aliphatic carbocycles. The number of piperidine rings is 1. The Bertz CT molecular complexity index is 357. The van der Waals surface area contributed by atoms with Crippen molar-refractivity contribution in [3.8, 4) is 0 Å². The van der Waals surface area contributed by atoms with Gasteiger partial charge in [-0.15, -0.1) is 0 Å². The molecule has 2 rings (SSSR count). The average molecular weight is 247 g/mol. The van der Waals surface area contributed by atoms with Crippen LogP contribution in [0.25, 0.3) is 0 Å². The highest BCUT2D eigenvalue weighted by Gasteiger charge is 2.17. The van der Waals surface area contributed by atoms with Crippen molar-refractivity contribution >= 4 is 0 Å². The van der Waals surface area contributed by atoms with Crippen LogP contribution in [0.5, 0.6) is 0 Å². The van der Waals surface area contributed by atoms with Crippen molar-refractivity contribution in [2.24, 2.45) is 5.92 Å². The number of likely N-dealkylation sites (tertiary alicyclic amines) is 1. The predicted molar refractivity (Wildman–Crippen MR) is 75.3 cm³/mol. The summed E-state index contributed by atoms with van der Waals surface area (Å²) in [5.74, 6) is 0.949. The van der Waals surface area contributed by atoms with E-state index in [1.54, 1.807) is 0 Å². The summed E-state index contributed by atoms with van der Waals surface area (Å²) >= 11 is 0. The molecule has 1 aromatic heterocycles. The normalized spacial score (nSPS) is 18.1. The van der Waals surface area contributed by atoms with Crippen LogP contribution in [0.3, 0.4) is 0 Å². The Morgan fingerprint density at radius 3 is 2.67 bits per heavy atom. The quantitative estimate of drug-likeness (QED) is 0.866. The van der Waals surface area contributed by atoms with E-state index in [0.717, 1.165) is 24.7 Å². The van der Waals surface area contributed by atoms with Gasteiger partial charge in [0.2, 0.25) is 0 Å². The summed E-state index contributed by atoms with van der Waals surface area (Å²) in [6.45, 7) is 6.63. The first-order chi connectivity index (χ1) is 8.81. The molecule has 0 spiro atoms. The monoisotopic (exact) mass is 247 g/mol. The Labute approximate surface area is 111 Å². The molecule has 0 aromatic carbocycles. The van der Waals surface area contributed by atoms with E-state index < -0.39 is 0 Å². The first kappa shape index (κ1) is 13.5. The van der Waals surface area contributed by atoms with Gasteiger partial charge < -0.3 is 5.32 Å². The van der Waals surface area contributed by atoms with Crippen LogP contribution in [0, 0.1) is 5.92 Å². The summed E-state index contributed by atoms with van der Waals surface area (Å²) < 4.78 is 0. The fourth-order valence-corrected chi connectivity index (χ4v) is 2.68. The maximum absolute atomic E-state index is 4.69. The second-order valence-electron chi connectivity index (χ2n) is 5.28. The third-order valence-corrected chi connectivity index (χ3v) is 3.89. The number of rotatable bonds is 5. The Morgan fingerprint density at radius 1 is 1.28 bits per heavy atom. The zero-order valence-corrected chi connectivity index (χ0v) is 11.7. The largest absolute Gasteiger partial charge is 0.314 e. The number of hydrogen-bond acceptors (Lipinski definition) is 3. The van der Waals surface area contributed by atoms with Gasteiger partial charge >= 0.3 is 0 Å². The number of hydrogen-bond donors (Lipinski definition) is 1. The zero-order chi connectivity index (χ0) is 12.8. The molecule has 2 heterocycles. The van der Waals surface area contributed by atoms with Gasteiger partial charge in [-0.1, -0.05) is 19.4 Å². The number of nitrogens with one attached hydrogen (secondary N) is 1. The highest BCUT2D eigenvalue weighted by Crippen LogP contribution is 2.20. The standard InChI is InChI=1S/C15H25N3/c1-3-13-7-9-18(10-8-13)12-15-6-4-5-14(17-15)11-16-2/h4-6,13,16H,3,7-12H2,1-2H3. The second-order valence-corrected chi connectivity index (χ2v) is 5.28. The Hall–Kier alpha value is -0.930. The molecule has 0 amide bonds. The van der Waals surface area contributed by atoms with Crippen molar-refractivity contribution in [2.45, 2.75) is 39.3 Å². The van der Waals surface area contributed by atoms with Crippen LogP contribution in [0.4, 0.5) is 0 Å². The SMILES string of the molecule is CCC1CCN(Cc2cccc(CNC)n2)CC1. The first-order valence-corrected chi connectivity index (χ1v) is 7.13. The van der Waals surface area contributed by atoms with Gasteiger partial charge in [-0.05, 0) is 51.0 Å². The molecule has 0 unspecified atom stereocenters. The molecule has 18 heavy (non-hydrogen) atoms. The van der Waals surface area contributed by atoms with Crippen LogP contribution in [0.1, 0.15) is 37.6 Å². The number of aromatic nitrogens is 1. The van der Waals surface area contributed by atoms with Crippen LogP contribution < -0.4 is 5.32 Å². The van der Waals surface area contributed by atoms with Crippen LogP contribution in [0.15, 0.2) is 18.2 Å². The maximum atomic E-state index is 4.69. The molecule has 1 aromatic rings. The van der Waals surface area contributed by atoms with Gasteiger partial charge in [0.05, 0.1) is 11.4 Å². The van der Waals surface area contributed by atoms with E-state index in [1.165, 1.54) is 38.0 Å². The lowest BCUT2D eigenvalue weighted by molar-refractivity contribution is 0.173. The predicted octanol–water partition coefficient (Wildman–Crippen LogP) is 2.42. The molecule has 0 atom stereocenters. The molecule has 1 aliphatic heterocycles. The van der Waals surface area contributed by atoms with Crippen LogP contribution in [-0.2, 0) is 13.1 Å². The summed E-state index contributed by atoms with van der Waals surface area (Å²) in [5, 5.41) is 3.15. The minimum atomic E-state index is 0.853. The van der Waals surface area contributed by atoms with Crippen molar-refractivity contribution in [2.75, 3.05) is 20.1 Å². The molecule has 3 nitrogen and oxygen atoms in total. The minimum Gasteiger partial charge on any atom is -0.314 e. The van der Waals surface area contributed by atoms with Crippen LogP contribution in [0.2, 0.25) is 0 Å². The van der Waals surface area contributed by atoms with Crippen molar-refractivity contribution in [1.29, 1.82) is 0 Å². The van der Waals surface area contributed by atoms with Gasteiger partial charge in [0.15, 0.2) is 0 Å². The molecule has 0 radical (unpaired) electrons. The maximum Gasteiger partial charge on any atom is 0.0547 e. The van der Waals surface area contributed by atoms with Gasteiger partial charge in [0.25, 0.3) is 0 Å². The fourth-order valence-electron chi connectivity index (χ4n) is 2.68.